The summed E-state index contributed by atoms with van der Waals surface area (Å²) in [5.41, 5.74) is 5.17. The first-order valence-corrected chi connectivity index (χ1v) is 24.4. The van der Waals surface area contributed by atoms with Crippen molar-refractivity contribution in [3.63, 3.8) is 0 Å². The molecule has 0 fully saturated rings. The number of methoxy groups -OCH3 is 8. The molecular weight excluding hydrogens is 957 g/mol. The highest BCUT2D eigenvalue weighted by Crippen LogP contribution is 2.42. The first kappa shape index (κ1) is 59.6. The van der Waals surface area contributed by atoms with E-state index in [2.05, 4.69) is 47.0 Å². The SMILES string of the molecule is COc1ccc(CC2(CCC(=O)OC(C)(C)C)[NH2+]CCc3cc(OC)c(OC)cc32)cc1OC.COc1ccc(CC2(CCC(=O)OC(C)(C)C)[NH2+]CCc3cc(OC)c(OC)cc32)cc1OC.O=C([O-])C(=O)[O-]. The van der Waals surface area contributed by atoms with Gasteiger partial charge in [-0.3, -0.25) is 9.59 Å². The number of benzene rings is 4. The molecule has 2 unspecified atom stereocenters. The number of aliphatic carboxylic acids is 2. The van der Waals surface area contributed by atoms with Gasteiger partial charge < -0.3 is 77.8 Å². The van der Waals surface area contributed by atoms with Gasteiger partial charge in [0.15, 0.2) is 46.0 Å². The molecule has 2 atom stereocenters. The van der Waals surface area contributed by atoms with E-state index in [0.29, 0.717) is 73.0 Å². The standard InChI is InChI=1S/2C27H37NO6.C2H2O4/c2*1-26(2,3)34-25(29)10-12-27(17-18-8-9-21(30-4)22(14-18)31-5)20-16-24(33-7)23(32-6)15-19(20)11-13-28-27;3-1(4)2(5)6/h2*8-9,14-16,28H,10-13,17H2,1-7H3;(H,3,4)(H,5,6). The lowest BCUT2D eigenvalue weighted by atomic mass is 9.75. The molecule has 2 aliphatic rings. The Morgan fingerprint density at radius 2 is 0.757 bits per heavy atom. The summed E-state index contributed by atoms with van der Waals surface area (Å²) in [7, 11) is 13.1. The zero-order valence-electron chi connectivity index (χ0n) is 45.5. The average Bonchev–Trinajstić information content (AvgIpc) is 3.36. The Morgan fingerprint density at radius 1 is 0.459 bits per heavy atom. The number of rotatable bonds is 18. The van der Waals surface area contributed by atoms with E-state index in [4.69, 9.17) is 67.2 Å². The maximum atomic E-state index is 12.7. The minimum Gasteiger partial charge on any atom is -0.543 e. The number of fused-ring (bicyclic) bond motifs is 2. The molecule has 18 nitrogen and oxygen atoms in total. The molecule has 0 aliphatic carbocycles. The van der Waals surface area contributed by atoms with Crippen LogP contribution in [0.2, 0.25) is 0 Å². The molecule has 2 aliphatic heterocycles. The van der Waals surface area contributed by atoms with Gasteiger partial charge in [0.2, 0.25) is 0 Å². The number of ether oxygens (including phenoxy) is 10. The van der Waals surface area contributed by atoms with Gasteiger partial charge >= 0.3 is 11.9 Å². The molecule has 6 rings (SSSR count). The summed E-state index contributed by atoms with van der Waals surface area (Å²) >= 11 is 0. The smallest absolute Gasteiger partial charge is 0.306 e. The molecule has 406 valence electrons. The van der Waals surface area contributed by atoms with Crippen LogP contribution in [0.25, 0.3) is 0 Å². The molecule has 0 spiro atoms. The first-order chi connectivity index (χ1) is 34.9. The van der Waals surface area contributed by atoms with Crippen LogP contribution in [0.1, 0.15) is 101 Å². The quantitative estimate of drug-likeness (QED) is 0.107. The van der Waals surface area contributed by atoms with Crippen LogP contribution in [0.5, 0.6) is 46.0 Å². The van der Waals surface area contributed by atoms with E-state index in [1.165, 1.54) is 11.1 Å². The predicted octanol–water partition coefficient (Wildman–Crippen LogP) is 3.29. The van der Waals surface area contributed by atoms with Gasteiger partial charge in [0.25, 0.3) is 0 Å². The van der Waals surface area contributed by atoms with E-state index < -0.39 is 23.1 Å². The van der Waals surface area contributed by atoms with Crippen molar-refractivity contribution in [1.29, 1.82) is 0 Å². The molecule has 0 saturated carbocycles. The monoisotopic (exact) mass is 1030 g/mol. The number of hydrogen-bond donors (Lipinski definition) is 2. The number of carboxylic acids is 2. The molecular formula is C56H76N2O16. The number of quaternary nitrogens is 2. The number of carbonyl (C=O) groups excluding carboxylic acids is 4. The second-order valence-corrected chi connectivity index (χ2v) is 20.0. The highest BCUT2D eigenvalue weighted by molar-refractivity contribution is 6.25. The Hall–Kier alpha value is -6.92. The Morgan fingerprint density at radius 3 is 1.04 bits per heavy atom. The van der Waals surface area contributed by atoms with Crippen LogP contribution in [0, 0.1) is 0 Å². The number of esters is 2. The molecule has 0 amide bonds. The molecule has 4 aromatic rings. The summed E-state index contributed by atoms with van der Waals surface area (Å²) in [4.78, 5) is 43.2. The summed E-state index contributed by atoms with van der Waals surface area (Å²) in [6, 6.07) is 20.3. The van der Waals surface area contributed by atoms with Gasteiger partial charge in [-0.1, -0.05) is 12.1 Å². The molecule has 4 aromatic carbocycles. The number of nitrogens with two attached hydrogens (primary N) is 2. The van der Waals surface area contributed by atoms with Crippen molar-refractivity contribution in [2.24, 2.45) is 0 Å². The number of carboxylic acid groups (broad SMARTS) is 2. The zero-order chi connectivity index (χ0) is 55.0. The van der Waals surface area contributed by atoms with Crippen LogP contribution in [-0.2, 0) is 65.4 Å². The lowest BCUT2D eigenvalue weighted by Gasteiger charge is -2.38. The van der Waals surface area contributed by atoms with Gasteiger partial charge in [0.1, 0.15) is 22.3 Å². The second-order valence-electron chi connectivity index (χ2n) is 20.0. The van der Waals surface area contributed by atoms with Crippen molar-refractivity contribution in [3.05, 3.63) is 94.0 Å². The first-order valence-electron chi connectivity index (χ1n) is 24.4. The van der Waals surface area contributed by atoms with Gasteiger partial charge in [-0.05, 0) is 112 Å². The molecule has 0 saturated heterocycles. The summed E-state index contributed by atoms with van der Waals surface area (Å²) in [5, 5.41) is 22.6. The van der Waals surface area contributed by atoms with E-state index in [1.54, 1.807) is 56.9 Å². The van der Waals surface area contributed by atoms with Crippen LogP contribution >= 0.6 is 0 Å². The summed E-state index contributed by atoms with van der Waals surface area (Å²) in [6.07, 6.45) is 5.12. The van der Waals surface area contributed by atoms with Gasteiger partial charge in [-0.15, -0.1) is 0 Å². The Labute approximate surface area is 435 Å². The van der Waals surface area contributed by atoms with E-state index in [-0.39, 0.29) is 23.0 Å². The topological polar surface area (TPSA) is 240 Å². The Balaban J connectivity index is 0.000000289. The Bertz CT molecular complexity index is 2390. The van der Waals surface area contributed by atoms with Crippen LogP contribution in [0.4, 0.5) is 0 Å². The van der Waals surface area contributed by atoms with Crippen molar-refractivity contribution >= 4 is 23.9 Å². The van der Waals surface area contributed by atoms with Crippen molar-refractivity contribution in [2.45, 2.75) is 115 Å². The van der Waals surface area contributed by atoms with Crippen LogP contribution in [0.3, 0.4) is 0 Å². The lowest BCUT2D eigenvalue weighted by Crippen LogP contribution is -2.97. The van der Waals surface area contributed by atoms with Crippen molar-refractivity contribution in [1.82, 2.24) is 0 Å². The van der Waals surface area contributed by atoms with Gasteiger partial charge in [-0.2, -0.15) is 0 Å². The minimum absolute atomic E-state index is 0.194. The van der Waals surface area contributed by atoms with Crippen LogP contribution < -0.4 is 58.7 Å². The lowest BCUT2D eigenvalue weighted by molar-refractivity contribution is -0.741. The molecule has 0 aromatic heterocycles. The maximum absolute atomic E-state index is 12.7. The Kier molecular flexibility index (Phi) is 21.2. The molecule has 2 heterocycles. The molecule has 4 N–H and O–H groups in total. The van der Waals surface area contributed by atoms with E-state index in [1.807, 2.05) is 65.8 Å². The fourth-order valence-electron chi connectivity index (χ4n) is 9.54. The number of carbonyl (C=O) groups is 4. The van der Waals surface area contributed by atoms with Crippen LogP contribution in [-0.4, -0.2) is 105 Å². The highest BCUT2D eigenvalue weighted by Gasteiger charge is 2.44. The van der Waals surface area contributed by atoms with Gasteiger partial charge in [0, 0.05) is 49.7 Å². The van der Waals surface area contributed by atoms with E-state index in [9.17, 15) is 9.59 Å². The minimum atomic E-state index is -2.19. The van der Waals surface area contributed by atoms with Crippen LogP contribution in [0.15, 0.2) is 60.7 Å². The van der Waals surface area contributed by atoms with Crippen molar-refractivity contribution in [2.75, 3.05) is 70.0 Å². The average molecular weight is 1030 g/mol. The fraction of sp³-hybridized carbons (Fsp3) is 0.500. The summed E-state index contributed by atoms with van der Waals surface area (Å²) in [6.45, 7) is 13.2. The van der Waals surface area contributed by atoms with Crippen molar-refractivity contribution in [3.8, 4) is 46.0 Å². The molecule has 18 heteroatoms. The summed E-state index contributed by atoms with van der Waals surface area (Å²) < 4.78 is 55.6. The largest absolute Gasteiger partial charge is 0.543 e. The predicted molar refractivity (Wildman–Crippen MR) is 270 cm³/mol. The van der Waals surface area contributed by atoms with Gasteiger partial charge in [-0.25, -0.2) is 0 Å². The molecule has 0 bridgehead atoms. The second kappa shape index (κ2) is 26.3. The highest BCUT2D eigenvalue weighted by atomic mass is 16.6. The third kappa shape index (κ3) is 16.0. The van der Waals surface area contributed by atoms with E-state index >= 15 is 0 Å². The fourth-order valence-corrected chi connectivity index (χ4v) is 9.54. The third-order valence-electron chi connectivity index (χ3n) is 12.7. The molecule has 74 heavy (non-hydrogen) atoms. The van der Waals surface area contributed by atoms with Crippen molar-refractivity contribution < 1.29 is 87.4 Å². The van der Waals surface area contributed by atoms with Gasteiger partial charge in [0.05, 0.1) is 94.7 Å². The van der Waals surface area contributed by atoms with E-state index in [0.717, 1.165) is 59.7 Å². The normalized spacial score (nSPS) is 16.7. The third-order valence-corrected chi connectivity index (χ3v) is 12.7. The molecule has 0 radical (unpaired) electrons. The zero-order valence-corrected chi connectivity index (χ0v) is 45.5. The maximum Gasteiger partial charge on any atom is 0.306 e. The number of hydrogen-bond acceptors (Lipinski definition) is 16. The summed E-state index contributed by atoms with van der Waals surface area (Å²) in [5.74, 6) is 0.797.